The van der Waals surface area contributed by atoms with Crippen molar-refractivity contribution in [3.8, 4) is 0 Å². The molecule has 0 saturated carbocycles. The molecule has 0 aliphatic heterocycles. The van der Waals surface area contributed by atoms with Crippen molar-refractivity contribution in [3.05, 3.63) is 47.7 Å². The minimum atomic E-state index is -4.09. The number of rotatable bonds is 6. The Kier molecular flexibility index (Phi) is 5.35. The van der Waals surface area contributed by atoms with Gasteiger partial charge in [0, 0.05) is 5.56 Å². The highest BCUT2D eigenvalue weighted by atomic mass is 32.2. The maximum Gasteiger partial charge on any atom is 0.374 e. The van der Waals surface area contributed by atoms with Crippen molar-refractivity contribution in [1.29, 1.82) is 0 Å². The maximum absolute atomic E-state index is 11.8. The van der Waals surface area contributed by atoms with Crippen LogP contribution in [0.15, 0.2) is 45.9 Å². The van der Waals surface area contributed by atoms with Gasteiger partial charge in [0.2, 0.25) is 10.9 Å². The van der Waals surface area contributed by atoms with Crippen LogP contribution in [-0.4, -0.2) is 32.7 Å². The first-order valence-corrected chi connectivity index (χ1v) is 8.42. The third-order valence-corrected chi connectivity index (χ3v) is 3.76. The highest BCUT2D eigenvalue weighted by Gasteiger charge is 2.19. The molecule has 0 unspecified atom stereocenters. The molecule has 2 rings (SSSR count). The second-order valence-corrected chi connectivity index (χ2v) is 6.38. The Balaban J connectivity index is 1.97. The van der Waals surface area contributed by atoms with Gasteiger partial charge in [-0.15, -0.1) is 0 Å². The summed E-state index contributed by atoms with van der Waals surface area (Å²) in [5, 5.41) is 6.70. The smallest absolute Gasteiger partial charge is 0.374 e. The van der Waals surface area contributed by atoms with Gasteiger partial charge < -0.3 is 14.5 Å². The van der Waals surface area contributed by atoms with E-state index in [1.807, 2.05) is 0 Å². The number of ether oxygens (including phenoxy) is 1. The summed E-state index contributed by atoms with van der Waals surface area (Å²) in [6, 6.07) is 8.40. The number of nitrogens with one attached hydrogen (secondary N) is 1. The zero-order valence-corrected chi connectivity index (χ0v) is 13.8. The number of hydrogen-bond acceptors (Lipinski definition) is 7. The lowest BCUT2D eigenvalue weighted by Gasteiger charge is -2.09. The van der Waals surface area contributed by atoms with Crippen molar-refractivity contribution in [2.45, 2.75) is 12.0 Å². The third kappa shape index (κ3) is 4.75. The largest absolute Gasteiger partial charge is 0.450 e. The zero-order valence-electron chi connectivity index (χ0n) is 13.0. The molecule has 1 aromatic carbocycles. The standard InChI is InChI=1S/C15H14N2O7S/c1-9(18)10-4-2-3-5-11(10)17-13(19)8-23-15(20)12-6-7-14(24-12)25(16,21)22/h2-7H,8H2,1H3,(H,17,19)(H2,16,21,22). The molecule has 0 radical (unpaired) electrons. The fourth-order valence-electron chi connectivity index (χ4n) is 1.87. The van der Waals surface area contributed by atoms with Crippen LogP contribution in [0.1, 0.15) is 27.8 Å². The average molecular weight is 366 g/mol. The van der Waals surface area contributed by atoms with Gasteiger partial charge >= 0.3 is 5.97 Å². The first-order valence-electron chi connectivity index (χ1n) is 6.88. The number of ketones is 1. The Morgan fingerprint density at radius 3 is 2.44 bits per heavy atom. The molecule has 2 aromatic rings. The molecule has 0 saturated heterocycles. The summed E-state index contributed by atoms with van der Waals surface area (Å²) < 4.78 is 31.6. The van der Waals surface area contributed by atoms with Crippen molar-refractivity contribution in [2.24, 2.45) is 5.14 Å². The van der Waals surface area contributed by atoms with Crippen molar-refractivity contribution >= 4 is 33.4 Å². The fourth-order valence-corrected chi connectivity index (χ4v) is 2.33. The van der Waals surface area contributed by atoms with Crippen molar-refractivity contribution < 1.29 is 32.0 Å². The van der Waals surface area contributed by atoms with E-state index < -0.39 is 39.4 Å². The summed E-state index contributed by atoms with van der Waals surface area (Å²) in [5.74, 6) is -2.37. The Hall–Kier alpha value is -2.98. The van der Waals surface area contributed by atoms with E-state index >= 15 is 0 Å². The quantitative estimate of drug-likeness (QED) is 0.571. The van der Waals surface area contributed by atoms with Gasteiger partial charge in [0.15, 0.2) is 12.4 Å². The van der Waals surface area contributed by atoms with Crippen LogP contribution in [0.2, 0.25) is 0 Å². The highest BCUT2D eigenvalue weighted by molar-refractivity contribution is 7.89. The molecule has 0 aliphatic carbocycles. The van der Waals surface area contributed by atoms with E-state index in [1.54, 1.807) is 18.2 Å². The molecule has 9 nitrogen and oxygen atoms in total. The highest BCUT2D eigenvalue weighted by Crippen LogP contribution is 2.16. The van der Waals surface area contributed by atoms with Crippen molar-refractivity contribution in [2.75, 3.05) is 11.9 Å². The third-order valence-electron chi connectivity index (χ3n) is 2.98. The molecule has 0 aliphatic rings. The number of carbonyl (C=O) groups excluding carboxylic acids is 3. The van der Waals surface area contributed by atoms with E-state index in [2.05, 4.69) is 5.32 Å². The van der Waals surface area contributed by atoms with Crippen LogP contribution in [-0.2, 0) is 19.6 Å². The number of benzene rings is 1. The van der Waals surface area contributed by atoms with Gasteiger partial charge in [-0.1, -0.05) is 12.1 Å². The normalized spacial score (nSPS) is 11.0. The van der Waals surface area contributed by atoms with E-state index in [1.165, 1.54) is 13.0 Å². The zero-order chi connectivity index (χ0) is 18.6. The van der Waals surface area contributed by atoms with Gasteiger partial charge in [-0.2, -0.15) is 0 Å². The van der Waals surface area contributed by atoms with Crippen molar-refractivity contribution in [3.63, 3.8) is 0 Å². The molecule has 0 bridgehead atoms. The molecule has 1 amide bonds. The predicted octanol–water partition coefficient (Wildman–Crippen LogP) is 0.925. The number of sulfonamides is 1. The number of carbonyl (C=O) groups is 3. The van der Waals surface area contributed by atoms with Gasteiger partial charge in [-0.05, 0) is 31.2 Å². The number of Topliss-reactive ketones (excluding diaryl/α,β-unsaturated/α-hetero) is 1. The number of anilines is 1. The van der Waals surface area contributed by atoms with Crippen LogP contribution in [0.3, 0.4) is 0 Å². The molecule has 0 fully saturated rings. The molecule has 1 heterocycles. The molecule has 1 aromatic heterocycles. The van der Waals surface area contributed by atoms with Crippen LogP contribution < -0.4 is 10.5 Å². The molecular formula is C15H14N2O7S. The topological polar surface area (TPSA) is 146 Å². The monoisotopic (exact) mass is 366 g/mol. The molecule has 3 N–H and O–H groups in total. The first-order chi connectivity index (χ1) is 11.7. The summed E-state index contributed by atoms with van der Waals surface area (Å²) in [7, 11) is -4.09. The molecule has 25 heavy (non-hydrogen) atoms. The predicted molar refractivity (Wildman–Crippen MR) is 85.4 cm³/mol. The molecule has 0 atom stereocenters. The van der Waals surface area contributed by atoms with Gasteiger partial charge in [0.25, 0.3) is 15.9 Å². The molecule has 0 spiro atoms. The van der Waals surface area contributed by atoms with E-state index in [0.29, 0.717) is 5.56 Å². The van der Waals surface area contributed by atoms with Gasteiger partial charge in [0.05, 0.1) is 5.69 Å². The van der Waals surface area contributed by atoms with Crippen LogP contribution in [0, 0.1) is 0 Å². The Morgan fingerprint density at radius 1 is 1.16 bits per heavy atom. The summed E-state index contributed by atoms with van der Waals surface area (Å²) in [5.41, 5.74) is 0.594. The van der Waals surface area contributed by atoms with Crippen LogP contribution in [0.4, 0.5) is 5.69 Å². The second-order valence-electron chi connectivity index (χ2n) is 4.89. The van der Waals surface area contributed by atoms with Gasteiger partial charge in [-0.3, -0.25) is 9.59 Å². The number of primary sulfonamides is 1. The van der Waals surface area contributed by atoms with Crippen LogP contribution in [0.5, 0.6) is 0 Å². The van der Waals surface area contributed by atoms with Crippen LogP contribution >= 0.6 is 0 Å². The summed E-state index contributed by atoms with van der Waals surface area (Å²) in [6.45, 7) is 0.696. The molecule has 10 heteroatoms. The lowest BCUT2D eigenvalue weighted by Crippen LogP contribution is -2.21. The molecule has 132 valence electrons. The van der Waals surface area contributed by atoms with Crippen LogP contribution in [0.25, 0.3) is 0 Å². The number of para-hydroxylation sites is 1. The summed E-state index contributed by atoms with van der Waals surface area (Å²) in [4.78, 5) is 35.0. The van der Waals surface area contributed by atoms with E-state index in [0.717, 1.165) is 12.1 Å². The van der Waals surface area contributed by atoms with Gasteiger partial charge in [-0.25, -0.2) is 18.4 Å². The second kappa shape index (κ2) is 7.28. The van der Waals surface area contributed by atoms with E-state index in [-0.39, 0.29) is 11.5 Å². The number of hydrogen-bond donors (Lipinski definition) is 2. The summed E-state index contributed by atoms with van der Waals surface area (Å²) in [6.07, 6.45) is 0. The van der Waals surface area contributed by atoms with E-state index in [4.69, 9.17) is 14.3 Å². The minimum absolute atomic E-state index is 0.237. The lowest BCUT2D eigenvalue weighted by molar-refractivity contribution is -0.119. The Labute approximate surface area is 142 Å². The van der Waals surface area contributed by atoms with Crippen molar-refractivity contribution in [1.82, 2.24) is 0 Å². The maximum atomic E-state index is 11.8. The summed E-state index contributed by atoms with van der Waals surface area (Å²) >= 11 is 0. The average Bonchev–Trinajstić information content (AvgIpc) is 3.03. The first kappa shape index (κ1) is 18.4. The molecular weight excluding hydrogens is 352 g/mol. The number of nitrogens with two attached hydrogens (primary N) is 1. The Morgan fingerprint density at radius 2 is 1.84 bits per heavy atom. The van der Waals surface area contributed by atoms with E-state index in [9.17, 15) is 22.8 Å². The lowest BCUT2D eigenvalue weighted by atomic mass is 10.1. The minimum Gasteiger partial charge on any atom is -0.450 e. The number of esters is 1. The number of furan rings is 1. The SMILES string of the molecule is CC(=O)c1ccccc1NC(=O)COC(=O)c1ccc(S(N)(=O)=O)o1. The number of amides is 1. The fraction of sp³-hybridized carbons (Fsp3) is 0.133. The Bertz CT molecular complexity index is 931. The van der Waals surface area contributed by atoms with Gasteiger partial charge in [0.1, 0.15) is 0 Å².